The van der Waals surface area contributed by atoms with Gasteiger partial charge in [0.15, 0.2) is 5.78 Å². The monoisotopic (exact) mass is 496 g/mol. The van der Waals surface area contributed by atoms with Crippen LogP contribution in [-0.2, 0) is 4.79 Å². The van der Waals surface area contributed by atoms with Gasteiger partial charge >= 0.3 is 0 Å². The van der Waals surface area contributed by atoms with E-state index in [0.717, 1.165) is 0 Å². The molecule has 0 spiro atoms. The highest BCUT2D eigenvalue weighted by atomic mass is 16.4. The van der Waals surface area contributed by atoms with Gasteiger partial charge in [0, 0.05) is 16.7 Å². The van der Waals surface area contributed by atoms with Gasteiger partial charge in [0.05, 0.1) is 35.1 Å². The van der Waals surface area contributed by atoms with Gasteiger partial charge in [-0.2, -0.15) is 0 Å². The Hall–Kier alpha value is -0.870. The molecule has 0 aromatic rings. The molecule has 3 fully saturated rings. The van der Waals surface area contributed by atoms with E-state index in [0.29, 0.717) is 37.7 Å². The normalized spacial score (nSPS) is 48.3. The molecule has 0 aliphatic heterocycles. The zero-order valence-electron chi connectivity index (χ0n) is 21.6. The maximum atomic E-state index is 13.3. The number of carbonyl (C=O) groups excluding carboxylic acids is 1. The topological polar surface area (TPSA) is 159 Å². The van der Waals surface area contributed by atoms with E-state index in [1.165, 1.54) is 6.08 Å². The van der Waals surface area contributed by atoms with Gasteiger partial charge in [-0.15, -0.1) is 0 Å². The number of aliphatic hydroxyl groups is 7. The summed E-state index contributed by atoms with van der Waals surface area (Å²) in [7, 11) is 0. The van der Waals surface area contributed by atoms with Gasteiger partial charge < -0.3 is 35.7 Å². The highest BCUT2D eigenvalue weighted by molar-refractivity contribution is 5.95. The summed E-state index contributed by atoms with van der Waals surface area (Å²) in [6.45, 7) is 8.59. The summed E-state index contributed by atoms with van der Waals surface area (Å²) < 4.78 is 0. The van der Waals surface area contributed by atoms with Crippen molar-refractivity contribution in [1.82, 2.24) is 0 Å². The van der Waals surface area contributed by atoms with Crippen LogP contribution >= 0.6 is 0 Å². The predicted octanol–water partition coefficient (Wildman–Crippen LogP) is 0.825. The zero-order valence-corrected chi connectivity index (χ0v) is 21.6. The van der Waals surface area contributed by atoms with Crippen molar-refractivity contribution in [3.63, 3.8) is 0 Å². The average Bonchev–Trinajstić information content (AvgIpc) is 3.04. The van der Waals surface area contributed by atoms with Crippen LogP contribution in [0.25, 0.3) is 0 Å². The van der Waals surface area contributed by atoms with Gasteiger partial charge in [0.2, 0.25) is 0 Å². The fourth-order valence-electron chi connectivity index (χ4n) is 8.35. The molecule has 0 amide bonds. The minimum absolute atomic E-state index is 0.0638. The summed E-state index contributed by atoms with van der Waals surface area (Å²) in [5, 5.41) is 76.6. The molecule has 11 atom stereocenters. The van der Waals surface area contributed by atoms with Gasteiger partial charge in [-0.1, -0.05) is 13.8 Å². The Morgan fingerprint density at radius 2 is 1.69 bits per heavy atom. The first-order valence-corrected chi connectivity index (χ1v) is 13.1. The standard InChI is InChI=1S/C27H44O8/c1-23(2,33)9-8-20(30)26(5,34)19-7-11-27(35)15-12-17(28)16-13-18(29)21(31)22(32)25(16,4)14(15)6-10-24(19,27)3/h12,14,16,18-22,29-35H,6-11,13H2,1-5H3/t14?,16?,18-,19?,20-,21-,22-,24-,25-,26-,27-/m1/s1. The van der Waals surface area contributed by atoms with E-state index in [1.807, 2.05) is 6.92 Å². The van der Waals surface area contributed by atoms with Crippen LogP contribution in [0.2, 0.25) is 0 Å². The molecule has 0 heterocycles. The second-order valence-corrected chi connectivity index (χ2v) is 13.2. The van der Waals surface area contributed by atoms with Crippen LogP contribution in [0, 0.1) is 28.6 Å². The summed E-state index contributed by atoms with van der Waals surface area (Å²) in [5.74, 6) is -1.73. The van der Waals surface area contributed by atoms with Crippen molar-refractivity contribution in [3.8, 4) is 0 Å². The molecule has 8 nitrogen and oxygen atoms in total. The van der Waals surface area contributed by atoms with Crippen molar-refractivity contribution in [2.45, 2.75) is 121 Å². The van der Waals surface area contributed by atoms with E-state index in [-0.39, 0.29) is 24.5 Å². The Kier molecular flexibility index (Phi) is 6.46. The summed E-state index contributed by atoms with van der Waals surface area (Å²) in [4.78, 5) is 13.3. The summed E-state index contributed by atoms with van der Waals surface area (Å²) in [5.41, 5.74) is -5.21. The fraction of sp³-hybridized carbons (Fsp3) is 0.889. The lowest BCUT2D eigenvalue weighted by Gasteiger charge is -2.61. The molecule has 0 aromatic carbocycles. The zero-order chi connectivity index (χ0) is 26.4. The Labute approximate surface area is 207 Å². The van der Waals surface area contributed by atoms with Crippen LogP contribution in [0.5, 0.6) is 0 Å². The number of aliphatic hydroxyl groups excluding tert-OH is 4. The SMILES string of the molecule is CC(C)(O)CC[C@@H](O)[C@](C)(O)C1CC[C@@]2(O)C3=CC(=O)C4C[C@@H](O)[C@@H](O)[C@@H](O)[C@]4(C)C3CC[C@]12C. The highest BCUT2D eigenvalue weighted by Gasteiger charge is 2.70. The van der Waals surface area contributed by atoms with E-state index < -0.39 is 63.9 Å². The Balaban J connectivity index is 1.69. The van der Waals surface area contributed by atoms with Gasteiger partial charge in [-0.05, 0) is 89.2 Å². The number of rotatable bonds is 5. The molecule has 4 aliphatic rings. The summed E-state index contributed by atoms with van der Waals surface area (Å²) >= 11 is 0. The van der Waals surface area contributed by atoms with Crippen LogP contribution < -0.4 is 0 Å². The summed E-state index contributed by atoms with van der Waals surface area (Å²) in [6, 6.07) is 0. The lowest BCUT2D eigenvalue weighted by atomic mass is 9.45. The molecule has 4 rings (SSSR count). The fourth-order valence-corrected chi connectivity index (χ4v) is 8.35. The first-order valence-electron chi connectivity index (χ1n) is 13.1. The van der Waals surface area contributed by atoms with Crippen molar-refractivity contribution >= 4 is 5.78 Å². The smallest absolute Gasteiger partial charge is 0.159 e. The number of ketones is 1. The third kappa shape index (κ3) is 3.78. The van der Waals surface area contributed by atoms with Gasteiger partial charge in [-0.3, -0.25) is 4.79 Å². The highest BCUT2D eigenvalue weighted by Crippen LogP contribution is 2.68. The molecule has 4 aliphatic carbocycles. The first-order chi connectivity index (χ1) is 15.9. The van der Waals surface area contributed by atoms with E-state index in [2.05, 4.69) is 0 Å². The van der Waals surface area contributed by atoms with E-state index in [1.54, 1.807) is 27.7 Å². The van der Waals surface area contributed by atoms with Crippen LogP contribution in [0.3, 0.4) is 0 Å². The van der Waals surface area contributed by atoms with Crippen molar-refractivity contribution in [2.75, 3.05) is 0 Å². The van der Waals surface area contributed by atoms with Crippen molar-refractivity contribution in [3.05, 3.63) is 11.6 Å². The van der Waals surface area contributed by atoms with Crippen molar-refractivity contribution in [1.29, 1.82) is 0 Å². The lowest BCUT2D eigenvalue weighted by molar-refractivity contribution is -0.205. The van der Waals surface area contributed by atoms with Crippen molar-refractivity contribution in [2.24, 2.45) is 28.6 Å². The van der Waals surface area contributed by atoms with E-state index >= 15 is 0 Å². The maximum Gasteiger partial charge on any atom is 0.159 e. The number of fused-ring (bicyclic) bond motifs is 5. The number of hydrogen-bond acceptors (Lipinski definition) is 8. The maximum absolute atomic E-state index is 13.3. The molecule has 3 saturated carbocycles. The third-order valence-electron chi connectivity index (χ3n) is 10.7. The second kappa shape index (κ2) is 8.32. The second-order valence-electron chi connectivity index (χ2n) is 13.2. The molecule has 3 unspecified atom stereocenters. The number of hydrogen-bond donors (Lipinski definition) is 7. The quantitative estimate of drug-likeness (QED) is 0.295. The van der Waals surface area contributed by atoms with Crippen LogP contribution in [-0.4, -0.2) is 82.7 Å². The average molecular weight is 497 g/mol. The van der Waals surface area contributed by atoms with Crippen LogP contribution in [0.15, 0.2) is 11.6 Å². The van der Waals surface area contributed by atoms with Crippen molar-refractivity contribution < 1.29 is 40.5 Å². The molecule has 35 heavy (non-hydrogen) atoms. The van der Waals surface area contributed by atoms with E-state index in [4.69, 9.17) is 0 Å². The largest absolute Gasteiger partial charge is 0.390 e. The first kappa shape index (κ1) is 27.2. The molecule has 0 saturated heterocycles. The predicted molar refractivity (Wildman–Crippen MR) is 128 cm³/mol. The van der Waals surface area contributed by atoms with Crippen LogP contribution in [0.1, 0.15) is 79.6 Å². The minimum atomic E-state index is -1.52. The molecule has 0 aromatic heterocycles. The molecule has 0 bridgehead atoms. The van der Waals surface area contributed by atoms with Gasteiger partial charge in [0.25, 0.3) is 0 Å². The minimum Gasteiger partial charge on any atom is -0.390 e. The van der Waals surface area contributed by atoms with E-state index in [9.17, 15) is 40.5 Å². The Morgan fingerprint density at radius 3 is 2.29 bits per heavy atom. The third-order valence-corrected chi connectivity index (χ3v) is 10.7. The molecular weight excluding hydrogens is 452 g/mol. The number of allylic oxidation sites excluding steroid dienone is 1. The molecular formula is C27H44O8. The van der Waals surface area contributed by atoms with Gasteiger partial charge in [0.1, 0.15) is 6.10 Å². The summed E-state index contributed by atoms with van der Waals surface area (Å²) in [6.07, 6.45) is -1.09. The molecule has 200 valence electrons. The van der Waals surface area contributed by atoms with Crippen LogP contribution in [0.4, 0.5) is 0 Å². The Bertz CT molecular complexity index is 892. The molecule has 8 heteroatoms. The lowest BCUT2D eigenvalue weighted by Crippen LogP contribution is -2.66. The molecule has 0 radical (unpaired) electrons. The molecule has 7 N–H and O–H groups in total. The van der Waals surface area contributed by atoms with Gasteiger partial charge in [-0.25, -0.2) is 0 Å². The Morgan fingerprint density at radius 1 is 1.06 bits per heavy atom. The number of carbonyl (C=O) groups is 1.